The van der Waals surface area contributed by atoms with Crippen LogP contribution < -0.4 is 0 Å². The number of ether oxygens (including phenoxy) is 1. The molecule has 1 unspecified atom stereocenters. The van der Waals surface area contributed by atoms with Crippen molar-refractivity contribution >= 4 is 5.78 Å². The molecule has 46 valence electrons. The molecule has 0 amide bonds. The van der Waals surface area contributed by atoms with E-state index in [9.17, 15) is 4.79 Å². The van der Waals surface area contributed by atoms with Gasteiger partial charge >= 0.3 is 0 Å². The lowest BCUT2D eigenvalue weighted by atomic mass is 10.1. The molecule has 0 aromatic heterocycles. The van der Waals surface area contributed by atoms with Crippen LogP contribution in [0.4, 0.5) is 0 Å². The Kier molecular flexibility index (Phi) is 1.34. The number of hydrogen-bond donors (Lipinski definition) is 0. The molecule has 1 aliphatic heterocycles. The van der Waals surface area contributed by atoms with E-state index in [1.165, 1.54) is 0 Å². The van der Waals surface area contributed by atoms with Gasteiger partial charge in [0.1, 0.15) is 6.61 Å². The Bertz CT molecular complexity index is 109. The van der Waals surface area contributed by atoms with Crippen LogP contribution in [0.3, 0.4) is 0 Å². The molecule has 1 heterocycles. The molecule has 1 rings (SSSR count). The van der Waals surface area contributed by atoms with E-state index in [2.05, 4.69) is 0 Å². The van der Waals surface area contributed by atoms with Crippen molar-refractivity contribution in [2.24, 2.45) is 5.92 Å². The minimum absolute atomic E-state index is 0.120. The van der Waals surface area contributed by atoms with E-state index in [4.69, 9.17) is 4.74 Å². The molecule has 0 bridgehead atoms. The van der Waals surface area contributed by atoms with Crippen molar-refractivity contribution < 1.29 is 9.53 Å². The zero-order valence-corrected chi connectivity index (χ0v) is 5.18. The van der Waals surface area contributed by atoms with Gasteiger partial charge < -0.3 is 4.74 Å². The highest BCUT2D eigenvalue weighted by molar-refractivity contribution is 5.83. The normalized spacial score (nSPS) is 38.5. The fraction of sp³-hybridized carbons (Fsp3) is 0.833. The largest absolute Gasteiger partial charge is 0.370 e. The second kappa shape index (κ2) is 1.86. The number of rotatable bonds is 0. The Hall–Kier alpha value is -0.370. The lowest BCUT2D eigenvalue weighted by Crippen LogP contribution is -2.12. The molecular weight excluding hydrogens is 104 g/mol. The van der Waals surface area contributed by atoms with Gasteiger partial charge in [-0.3, -0.25) is 4.79 Å². The first-order chi connectivity index (χ1) is 3.72. The molecule has 0 aromatic rings. The molecule has 2 nitrogen and oxygen atoms in total. The quantitative estimate of drug-likeness (QED) is 0.461. The van der Waals surface area contributed by atoms with Gasteiger partial charge in [0, 0.05) is 5.92 Å². The second-order valence-corrected chi connectivity index (χ2v) is 2.27. The Labute approximate surface area is 48.8 Å². The smallest absolute Gasteiger partial charge is 0.163 e. The van der Waals surface area contributed by atoms with E-state index >= 15 is 0 Å². The first-order valence-electron chi connectivity index (χ1n) is 2.86. The topological polar surface area (TPSA) is 26.3 Å². The van der Waals surface area contributed by atoms with Gasteiger partial charge in [-0.1, -0.05) is 6.92 Å². The Morgan fingerprint density at radius 3 is 2.38 bits per heavy atom. The summed E-state index contributed by atoms with van der Waals surface area (Å²) < 4.78 is 5.03. The number of hydrogen-bond acceptors (Lipinski definition) is 2. The molecule has 8 heavy (non-hydrogen) atoms. The minimum atomic E-state index is 0.120. The summed E-state index contributed by atoms with van der Waals surface area (Å²) >= 11 is 0. The van der Waals surface area contributed by atoms with Crippen molar-refractivity contribution in [2.45, 2.75) is 20.0 Å². The summed E-state index contributed by atoms with van der Waals surface area (Å²) in [5.41, 5.74) is 0. The molecule has 0 aromatic carbocycles. The standard InChI is InChI=1S/C6H10O2/c1-4-5(2)8-3-6(4)7/h4-5H,3H2,1-2H3/t4?,5-/m0/s1. The molecule has 0 aliphatic carbocycles. The van der Waals surface area contributed by atoms with Gasteiger partial charge in [0.2, 0.25) is 0 Å². The van der Waals surface area contributed by atoms with Crippen molar-refractivity contribution in [3.05, 3.63) is 0 Å². The predicted molar refractivity (Wildman–Crippen MR) is 29.6 cm³/mol. The van der Waals surface area contributed by atoms with E-state index in [1.54, 1.807) is 0 Å². The molecule has 1 saturated heterocycles. The number of carbonyl (C=O) groups is 1. The highest BCUT2D eigenvalue weighted by Gasteiger charge is 2.27. The lowest BCUT2D eigenvalue weighted by molar-refractivity contribution is -0.120. The van der Waals surface area contributed by atoms with Crippen LogP contribution in [-0.2, 0) is 9.53 Å². The van der Waals surface area contributed by atoms with Crippen molar-refractivity contribution in [2.75, 3.05) is 6.61 Å². The lowest BCUT2D eigenvalue weighted by Gasteiger charge is -2.02. The fourth-order valence-electron chi connectivity index (χ4n) is 0.751. The van der Waals surface area contributed by atoms with Gasteiger partial charge in [-0.15, -0.1) is 0 Å². The highest BCUT2D eigenvalue weighted by Crippen LogP contribution is 2.15. The molecule has 0 radical (unpaired) electrons. The zero-order chi connectivity index (χ0) is 6.15. The average Bonchev–Trinajstić information content (AvgIpc) is 1.98. The molecule has 0 saturated carbocycles. The van der Waals surface area contributed by atoms with Crippen LogP contribution in [0, 0.1) is 5.92 Å². The van der Waals surface area contributed by atoms with Crippen LogP contribution in [0.2, 0.25) is 0 Å². The highest BCUT2D eigenvalue weighted by atomic mass is 16.5. The Morgan fingerprint density at radius 2 is 2.25 bits per heavy atom. The summed E-state index contributed by atoms with van der Waals surface area (Å²) in [5.74, 6) is 0.354. The third-order valence-electron chi connectivity index (χ3n) is 1.70. The predicted octanol–water partition coefficient (Wildman–Crippen LogP) is 0.610. The molecule has 2 heteroatoms. The summed E-state index contributed by atoms with van der Waals surface area (Å²) in [5, 5.41) is 0. The van der Waals surface area contributed by atoms with Crippen LogP contribution in [0.1, 0.15) is 13.8 Å². The molecular formula is C6H10O2. The molecule has 2 atom stereocenters. The van der Waals surface area contributed by atoms with E-state index in [0.717, 1.165) is 0 Å². The maximum absolute atomic E-state index is 10.7. The summed E-state index contributed by atoms with van der Waals surface area (Å²) in [6.07, 6.45) is 0.141. The molecule has 0 N–H and O–H groups in total. The van der Waals surface area contributed by atoms with Crippen molar-refractivity contribution in [3.8, 4) is 0 Å². The SMILES string of the molecule is CC1C(=O)CO[C@H]1C. The summed E-state index contributed by atoms with van der Waals surface area (Å²) in [6, 6.07) is 0. The van der Waals surface area contributed by atoms with Crippen molar-refractivity contribution in [1.82, 2.24) is 0 Å². The number of carbonyl (C=O) groups excluding carboxylic acids is 1. The summed E-state index contributed by atoms with van der Waals surface area (Å²) in [6.45, 7) is 4.15. The van der Waals surface area contributed by atoms with Crippen molar-refractivity contribution in [3.63, 3.8) is 0 Å². The minimum Gasteiger partial charge on any atom is -0.370 e. The van der Waals surface area contributed by atoms with Gasteiger partial charge in [0.25, 0.3) is 0 Å². The van der Waals surface area contributed by atoms with E-state index in [0.29, 0.717) is 6.61 Å². The average molecular weight is 114 g/mol. The maximum atomic E-state index is 10.7. The second-order valence-electron chi connectivity index (χ2n) is 2.27. The van der Waals surface area contributed by atoms with Crippen LogP contribution in [0.5, 0.6) is 0 Å². The number of ketones is 1. The Morgan fingerprint density at radius 1 is 1.62 bits per heavy atom. The van der Waals surface area contributed by atoms with Gasteiger partial charge in [-0.2, -0.15) is 0 Å². The van der Waals surface area contributed by atoms with Crippen LogP contribution in [0.15, 0.2) is 0 Å². The van der Waals surface area contributed by atoms with Crippen LogP contribution >= 0.6 is 0 Å². The molecule has 0 spiro atoms. The van der Waals surface area contributed by atoms with E-state index < -0.39 is 0 Å². The number of Topliss-reactive ketones (excluding diaryl/α,β-unsaturated/α-hetero) is 1. The van der Waals surface area contributed by atoms with Crippen LogP contribution in [-0.4, -0.2) is 18.5 Å². The van der Waals surface area contributed by atoms with Gasteiger partial charge in [-0.05, 0) is 6.92 Å². The van der Waals surface area contributed by atoms with Gasteiger partial charge in [0.05, 0.1) is 6.10 Å². The van der Waals surface area contributed by atoms with Crippen molar-refractivity contribution in [1.29, 1.82) is 0 Å². The molecule has 1 aliphatic rings. The van der Waals surface area contributed by atoms with E-state index in [1.807, 2.05) is 13.8 Å². The monoisotopic (exact) mass is 114 g/mol. The zero-order valence-electron chi connectivity index (χ0n) is 5.18. The Balaban J connectivity index is 2.56. The van der Waals surface area contributed by atoms with Crippen LogP contribution in [0.25, 0.3) is 0 Å². The fourth-order valence-corrected chi connectivity index (χ4v) is 0.751. The maximum Gasteiger partial charge on any atom is 0.163 e. The summed E-state index contributed by atoms with van der Waals surface area (Å²) in [4.78, 5) is 10.7. The molecule has 1 fully saturated rings. The summed E-state index contributed by atoms with van der Waals surface area (Å²) in [7, 11) is 0. The third kappa shape index (κ3) is 0.757. The first-order valence-corrected chi connectivity index (χ1v) is 2.86. The van der Waals surface area contributed by atoms with Gasteiger partial charge in [-0.25, -0.2) is 0 Å². The van der Waals surface area contributed by atoms with Gasteiger partial charge in [0.15, 0.2) is 5.78 Å². The van der Waals surface area contributed by atoms with E-state index in [-0.39, 0.29) is 17.8 Å². The first kappa shape index (κ1) is 5.76. The third-order valence-corrected chi connectivity index (χ3v) is 1.70.